The van der Waals surface area contributed by atoms with Crippen molar-refractivity contribution in [1.82, 2.24) is 9.71 Å². The van der Waals surface area contributed by atoms with Crippen molar-refractivity contribution in [2.24, 2.45) is 11.8 Å². The van der Waals surface area contributed by atoms with E-state index in [1.165, 1.54) is 0 Å². The molecule has 2 heterocycles. The summed E-state index contributed by atoms with van der Waals surface area (Å²) in [5.41, 5.74) is 0.767. The average molecular weight is 312 g/mol. The van der Waals surface area contributed by atoms with Crippen LogP contribution in [0.25, 0.3) is 0 Å². The number of rotatable bonds is 6. The standard InChI is InChI=1S/C15H24N2O3S/c1-12(2)15(14-5-3-4-8-16-14)17-21(18,19)11-13-6-9-20-10-7-13/h3-5,8,12-13,15,17H,6-7,9-11H2,1-2H3/t15-/m0/s1. The third-order valence-electron chi connectivity index (χ3n) is 3.78. The molecule has 0 bridgehead atoms. The average Bonchev–Trinajstić information content (AvgIpc) is 2.46. The molecule has 1 saturated heterocycles. The van der Waals surface area contributed by atoms with Gasteiger partial charge in [0.15, 0.2) is 0 Å². The molecule has 6 heteroatoms. The summed E-state index contributed by atoms with van der Waals surface area (Å²) in [6.07, 6.45) is 3.32. The molecule has 0 radical (unpaired) electrons. The fraction of sp³-hybridized carbons (Fsp3) is 0.667. The summed E-state index contributed by atoms with van der Waals surface area (Å²) in [5, 5.41) is 0. The Morgan fingerprint density at radius 1 is 1.33 bits per heavy atom. The number of nitrogens with zero attached hydrogens (tertiary/aromatic N) is 1. The van der Waals surface area contributed by atoms with Crippen LogP contribution in [-0.2, 0) is 14.8 Å². The Morgan fingerprint density at radius 3 is 2.62 bits per heavy atom. The van der Waals surface area contributed by atoms with Crippen LogP contribution < -0.4 is 4.72 Å². The van der Waals surface area contributed by atoms with Crippen molar-refractivity contribution >= 4 is 10.0 Å². The Kier molecular flexibility index (Phi) is 5.72. The van der Waals surface area contributed by atoms with Gasteiger partial charge in [0.2, 0.25) is 10.0 Å². The maximum Gasteiger partial charge on any atom is 0.212 e. The van der Waals surface area contributed by atoms with Crippen LogP contribution in [0.4, 0.5) is 0 Å². The highest BCUT2D eigenvalue weighted by atomic mass is 32.2. The highest BCUT2D eigenvalue weighted by molar-refractivity contribution is 7.89. The minimum atomic E-state index is -3.32. The fourth-order valence-corrected chi connectivity index (χ4v) is 4.39. The first-order chi connectivity index (χ1) is 9.98. The predicted molar refractivity (Wildman–Crippen MR) is 82.3 cm³/mol. The lowest BCUT2D eigenvalue weighted by Crippen LogP contribution is -2.37. The molecule has 1 aliphatic rings. The van der Waals surface area contributed by atoms with Gasteiger partial charge in [0.05, 0.1) is 17.5 Å². The van der Waals surface area contributed by atoms with Gasteiger partial charge in [-0.25, -0.2) is 13.1 Å². The van der Waals surface area contributed by atoms with E-state index in [1.807, 2.05) is 32.0 Å². The van der Waals surface area contributed by atoms with Crippen molar-refractivity contribution in [2.45, 2.75) is 32.7 Å². The molecule has 21 heavy (non-hydrogen) atoms. The van der Waals surface area contributed by atoms with E-state index in [-0.39, 0.29) is 23.6 Å². The third-order valence-corrected chi connectivity index (χ3v) is 5.30. The molecule has 0 amide bonds. The highest BCUT2D eigenvalue weighted by Gasteiger charge is 2.27. The molecule has 0 aliphatic carbocycles. The quantitative estimate of drug-likeness (QED) is 0.873. The molecule has 2 rings (SSSR count). The monoisotopic (exact) mass is 312 g/mol. The Bertz CT molecular complexity index is 525. The molecule has 0 spiro atoms. The summed E-state index contributed by atoms with van der Waals surface area (Å²) < 4.78 is 32.9. The van der Waals surface area contributed by atoms with Crippen LogP contribution in [0.15, 0.2) is 24.4 Å². The van der Waals surface area contributed by atoms with Crippen molar-refractivity contribution in [2.75, 3.05) is 19.0 Å². The van der Waals surface area contributed by atoms with Gasteiger partial charge in [-0.3, -0.25) is 4.98 Å². The van der Waals surface area contributed by atoms with Crippen LogP contribution in [0.3, 0.4) is 0 Å². The SMILES string of the molecule is CC(C)[C@H](NS(=O)(=O)CC1CCOCC1)c1ccccn1. The van der Waals surface area contributed by atoms with E-state index in [2.05, 4.69) is 9.71 Å². The molecule has 1 aromatic heterocycles. The molecule has 1 fully saturated rings. The first-order valence-corrected chi connectivity index (χ1v) is 9.12. The summed E-state index contributed by atoms with van der Waals surface area (Å²) >= 11 is 0. The zero-order valence-electron chi connectivity index (χ0n) is 12.7. The zero-order chi connectivity index (χ0) is 15.3. The largest absolute Gasteiger partial charge is 0.381 e. The summed E-state index contributed by atoms with van der Waals surface area (Å²) in [5.74, 6) is 0.504. The van der Waals surface area contributed by atoms with Crippen molar-refractivity contribution in [3.05, 3.63) is 30.1 Å². The molecule has 1 aromatic rings. The van der Waals surface area contributed by atoms with Gasteiger partial charge in [-0.05, 0) is 36.8 Å². The predicted octanol–water partition coefficient (Wildman–Crippen LogP) is 2.12. The molecule has 118 valence electrons. The molecule has 0 unspecified atom stereocenters. The Hall–Kier alpha value is -0.980. The zero-order valence-corrected chi connectivity index (χ0v) is 13.5. The van der Waals surface area contributed by atoms with Gasteiger partial charge in [-0.15, -0.1) is 0 Å². The van der Waals surface area contributed by atoms with Gasteiger partial charge in [0.1, 0.15) is 0 Å². The van der Waals surface area contributed by atoms with Gasteiger partial charge in [0, 0.05) is 19.4 Å². The van der Waals surface area contributed by atoms with E-state index in [9.17, 15) is 8.42 Å². The van der Waals surface area contributed by atoms with E-state index in [4.69, 9.17) is 4.74 Å². The maximum absolute atomic E-state index is 12.4. The van der Waals surface area contributed by atoms with Crippen molar-refractivity contribution < 1.29 is 13.2 Å². The fourth-order valence-electron chi connectivity index (χ4n) is 2.56. The van der Waals surface area contributed by atoms with Gasteiger partial charge >= 0.3 is 0 Å². The number of pyridine rings is 1. The van der Waals surface area contributed by atoms with Crippen LogP contribution in [0.1, 0.15) is 38.4 Å². The highest BCUT2D eigenvalue weighted by Crippen LogP contribution is 2.22. The number of aromatic nitrogens is 1. The molecule has 1 aliphatic heterocycles. The molecule has 5 nitrogen and oxygen atoms in total. The van der Waals surface area contributed by atoms with Gasteiger partial charge in [-0.2, -0.15) is 0 Å². The first-order valence-electron chi connectivity index (χ1n) is 7.46. The van der Waals surface area contributed by atoms with Crippen LogP contribution in [-0.4, -0.2) is 32.4 Å². The Balaban J connectivity index is 2.05. The Labute approximate surface area is 127 Å². The molecule has 0 saturated carbocycles. The van der Waals surface area contributed by atoms with Crippen molar-refractivity contribution in [3.8, 4) is 0 Å². The van der Waals surface area contributed by atoms with Crippen LogP contribution >= 0.6 is 0 Å². The summed E-state index contributed by atoms with van der Waals surface area (Å²) in [4.78, 5) is 4.28. The topological polar surface area (TPSA) is 68.3 Å². The van der Waals surface area contributed by atoms with E-state index in [0.717, 1.165) is 18.5 Å². The number of hydrogen-bond acceptors (Lipinski definition) is 4. The normalized spacial score (nSPS) is 18.8. The van der Waals surface area contributed by atoms with Crippen LogP contribution in [0.5, 0.6) is 0 Å². The third kappa shape index (κ3) is 5.05. The van der Waals surface area contributed by atoms with E-state index in [1.54, 1.807) is 6.20 Å². The van der Waals surface area contributed by atoms with E-state index >= 15 is 0 Å². The summed E-state index contributed by atoms with van der Waals surface area (Å²) in [6, 6.07) is 5.29. The lowest BCUT2D eigenvalue weighted by atomic mass is 10.0. The number of nitrogens with one attached hydrogen (secondary N) is 1. The van der Waals surface area contributed by atoms with Gasteiger partial charge in [0.25, 0.3) is 0 Å². The number of sulfonamides is 1. The second kappa shape index (κ2) is 7.33. The van der Waals surface area contributed by atoms with Gasteiger partial charge < -0.3 is 4.74 Å². The minimum absolute atomic E-state index is 0.143. The number of ether oxygens (including phenoxy) is 1. The lowest BCUT2D eigenvalue weighted by molar-refractivity contribution is 0.0722. The summed E-state index contributed by atoms with van der Waals surface area (Å²) in [6.45, 7) is 5.31. The van der Waals surface area contributed by atoms with Crippen LogP contribution in [0, 0.1) is 11.8 Å². The smallest absolute Gasteiger partial charge is 0.212 e. The van der Waals surface area contributed by atoms with Crippen molar-refractivity contribution in [1.29, 1.82) is 0 Å². The first kappa shape index (κ1) is 16.4. The van der Waals surface area contributed by atoms with Gasteiger partial charge in [-0.1, -0.05) is 19.9 Å². The molecular formula is C15H24N2O3S. The Morgan fingerprint density at radius 2 is 2.05 bits per heavy atom. The lowest BCUT2D eigenvalue weighted by Gasteiger charge is -2.25. The number of hydrogen-bond donors (Lipinski definition) is 1. The molecular weight excluding hydrogens is 288 g/mol. The molecule has 1 N–H and O–H groups in total. The second-order valence-corrected chi connectivity index (χ2v) is 7.73. The maximum atomic E-state index is 12.4. The van der Waals surface area contributed by atoms with Crippen LogP contribution in [0.2, 0.25) is 0 Å². The summed E-state index contributed by atoms with van der Waals surface area (Å²) in [7, 11) is -3.32. The second-order valence-electron chi connectivity index (χ2n) is 5.93. The minimum Gasteiger partial charge on any atom is -0.381 e. The van der Waals surface area contributed by atoms with E-state index < -0.39 is 10.0 Å². The van der Waals surface area contributed by atoms with Crippen molar-refractivity contribution in [3.63, 3.8) is 0 Å². The van der Waals surface area contributed by atoms with E-state index in [0.29, 0.717) is 13.2 Å². The molecule has 1 atom stereocenters. The molecule has 0 aromatic carbocycles.